The van der Waals surface area contributed by atoms with Gasteiger partial charge in [0.25, 0.3) is 0 Å². The second-order valence-electron chi connectivity index (χ2n) is 6.25. The first-order chi connectivity index (χ1) is 9.90. The highest BCUT2D eigenvalue weighted by atomic mass is 15.2. The summed E-state index contributed by atoms with van der Waals surface area (Å²) < 4.78 is 0. The number of hydrogen-bond acceptors (Lipinski definition) is 3. The van der Waals surface area contributed by atoms with Gasteiger partial charge in [-0.05, 0) is 48.3 Å². The summed E-state index contributed by atoms with van der Waals surface area (Å²) in [6, 6.07) is 10.8. The molecule has 0 saturated heterocycles. The Labute approximate surface area is 119 Å². The van der Waals surface area contributed by atoms with Crippen LogP contribution in [0.1, 0.15) is 37.3 Å². The molecule has 2 saturated carbocycles. The van der Waals surface area contributed by atoms with Crippen LogP contribution in [-0.4, -0.2) is 4.98 Å². The highest BCUT2D eigenvalue weighted by molar-refractivity contribution is 5.82. The summed E-state index contributed by atoms with van der Waals surface area (Å²) in [5, 5.41) is 1.24. The second-order valence-corrected chi connectivity index (χ2v) is 6.25. The summed E-state index contributed by atoms with van der Waals surface area (Å²) in [4.78, 5) is 4.46. The standard InChI is InChI=1S/C17H21N3/c18-20-17(16-12-5-1-2-6-13(12)16)14-7-3-9-15-11(14)8-4-10-19-15/h3-4,7-10,12-13,16-17,20H,1-2,5-6,18H2. The van der Waals surface area contributed by atoms with Gasteiger partial charge in [-0.2, -0.15) is 0 Å². The average molecular weight is 267 g/mol. The van der Waals surface area contributed by atoms with Crippen LogP contribution in [0.15, 0.2) is 36.5 Å². The molecule has 2 aromatic rings. The van der Waals surface area contributed by atoms with E-state index in [1.165, 1.54) is 36.6 Å². The summed E-state index contributed by atoms with van der Waals surface area (Å²) in [7, 11) is 0. The van der Waals surface area contributed by atoms with E-state index >= 15 is 0 Å². The monoisotopic (exact) mass is 267 g/mol. The van der Waals surface area contributed by atoms with E-state index in [1.807, 2.05) is 12.3 Å². The number of hydrogen-bond donors (Lipinski definition) is 2. The van der Waals surface area contributed by atoms with Gasteiger partial charge in [0.2, 0.25) is 0 Å². The van der Waals surface area contributed by atoms with Gasteiger partial charge < -0.3 is 0 Å². The van der Waals surface area contributed by atoms with E-state index in [2.05, 4.69) is 34.7 Å². The van der Waals surface area contributed by atoms with E-state index in [1.54, 1.807) is 0 Å². The number of hydrazine groups is 1. The van der Waals surface area contributed by atoms with E-state index in [4.69, 9.17) is 5.84 Å². The zero-order chi connectivity index (χ0) is 13.5. The van der Waals surface area contributed by atoms with Crippen molar-refractivity contribution in [2.75, 3.05) is 0 Å². The van der Waals surface area contributed by atoms with Gasteiger partial charge >= 0.3 is 0 Å². The zero-order valence-corrected chi connectivity index (χ0v) is 11.6. The maximum atomic E-state index is 5.92. The van der Waals surface area contributed by atoms with Crippen molar-refractivity contribution >= 4 is 10.9 Å². The topological polar surface area (TPSA) is 50.9 Å². The average Bonchev–Trinajstić information content (AvgIpc) is 3.23. The molecule has 0 spiro atoms. The van der Waals surface area contributed by atoms with Crippen molar-refractivity contribution in [3.05, 3.63) is 42.1 Å². The Morgan fingerprint density at radius 1 is 1.10 bits per heavy atom. The first kappa shape index (κ1) is 12.3. The minimum atomic E-state index is 0.274. The van der Waals surface area contributed by atoms with Crippen LogP contribution in [0.3, 0.4) is 0 Å². The van der Waals surface area contributed by atoms with Crippen molar-refractivity contribution in [1.82, 2.24) is 10.4 Å². The molecule has 0 bridgehead atoms. The van der Waals surface area contributed by atoms with Crippen molar-refractivity contribution in [1.29, 1.82) is 0 Å². The van der Waals surface area contributed by atoms with E-state index in [0.29, 0.717) is 5.92 Å². The SMILES string of the molecule is NNC(c1cccc2ncccc12)C1C2CCCCC21. The molecule has 4 rings (SSSR count). The summed E-state index contributed by atoms with van der Waals surface area (Å²) in [5.74, 6) is 8.41. The Morgan fingerprint density at radius 2 is 1.90 bits per heavy atom. The number of nitrogens with zero attached hydrogens (tertiary/aromatic N) is 1. The molecule has 3 heteroatoms. The minimum absolute atomic E-state index is 0.274. The van der Waals surface area contributed by atoms with E-state index in [-0.39, 0.29) is 6.04 Å². The molecule has 1 heterocycles. The molecule has 3 nitrogen and oxygen atoms in total. The van der Waals surface area contributed by atoms with E-state index in [9.17, 15) is 0 Å². The third-order valence-electron chi connectivity index (χ3n) is 5.30. The third-order valence-corrected chi connectivity index (χ3v) is 5.30. The molecule has 2 aliphatic carbocycles. The summed E-state index contributed by atoms with van der Waals surface area (Å²) >= 11 is 0. The normalized spacial score (nSPS) is 29.9. The minimum Gasteiger partial charge on any atom is -0.271 e. The van der Waals surface area contributed by atoms with Gasteiger partial charge in [-0.3, -0.25) is 16.3 Å². The van der Waals surface area contributed by atoms with Crippen molar-refractivity contribution in [3.63, 3.8) is 0 Å². The van der Waals surface area contributed by atoms with Crippen molar-refractivity contribution < 1.29 is 0 Å². The smallest absolute Gasteiger partial charge is 0.0705 e. The Kier molecular flexibility index (Phi) is 2.97. The van der Waals surface area contributed by atoms with Crippen LogP contribution in [0.5, 0.6) is 0 Å². The predicted molar refractivity (Wildman–Crippen MR) is 80.7 cm³/mol. The lowest BCUT2D eigenvalue weighted by atomic mass is 9.96. The molecular weight excluding hydrogens is 246 g/mol. The first-order valence-electron chi connectivity index (χ1n) is 7.70. The molecule has 104 valence electrons. The Balaban J connectivity index is 1.73. The molecule has 0 radical (unpaired) electrons. The molecule has 3 N–H and O–H groups in total. The quantitative estimate of drug-likeness (QED) is 0.663. The molecular formula is C17H21N3. The van der Waals surface area contributed by atoms with Crippen LogP contribution in [0.25, 0.3) is 10.9 Å². The fourth-order valence-corrected chi connectivity index (χ4v) is 4.35. The predicted octanol–water partition coefficient (Wildman–Crippen LogP) is 3.18. The van der Waals surface area contributed by atoms with Gasteiger partial charge in [0.05, 0.1) is 5.52 Å². The molecule has 2 fully saturated rings. The highest BCUT2D eigenvalue weighted by Gasteiger charge is 2.54. The number of nitrogens with one attached hydrogen (secondary N) is 1. The molecule has 3 atom stereocenters. The van der Waals surface area contributed by atoms with Crippen molar-refractivity contribution in [2.45, 2.75) is 31.7 Å². The van der Waals surface area contributed by atoms with Crippen LogP contribution in [0, 0.1) is 17.8 Å². The number of fused-ring (bicyclic) bond motifs is 2. The van der Waals surface area contributed by atoms with Gasteiger partial charge in [0.15, 0.2) is 0 Å². The fraction of sp³-hybridized carbons (Fsp3) is 0.471. The number of benzene rings is 1. The Morgan fingerprint density at radius 3 is 2.65 bits per heavy atom. The number of pyridine rings is 1. The molecule has 1 aromatic carbocycles. The van der Waals surface area contributed by atoms with Crippen LogP contribution < -0.4 is 11.3 Å². The largest absolute Gasteiger partial charge is 0.271 e. The van der Waals surface area contributed by atoms with Gasteiger partial charge in [-0.1, -0.05) is 31.0 Å². The second kappa shape index (κ2) is 4.83. The molecule has 0 amide bonds. The third kappa shape index (κ3) is 1.85. The molecule has 0 aliphatic heterocycles. The van der Waals surface area contributed by atoms with E-state index < -0.39 is 0 Å². The number of aromatic nitrogens is 1. The van der Waals surface area contributed by atoms with Gasteiger partial charge in [-0.15, -0.1) is 0 Å². The first-order valence-corrected chi connectivity index (χ1v) is 7.70. The zero-order valence-electron chi connectivity index (χ0n) is 11.6. The lowest BCUT2D eigenvalue weighted by Crippen LogP contribution is -2.30. The summed E-state index contributed by atoms with van der Waals surface area (Å²) in [6.07, 6.45) is 7.42. The molecule has 20 heavy (non-hydrogen) atoms. The summed E-state index contributed by atoms with van der Waals surface area (Å²) in [6.45, 7) is 0. The van der Waals surface area contributed by atoms with Crippen LogP contribution >= 0.6 is 0 Å². The lowest BCUT2D eigenvalue weighted by Gasteiger charge is -2.18. The van der Waals surface area contributed by atoms with Crippen LogP contribution in [-0.2, 0) is 0 Å². The Hall–Kier alpha value is -1.45. The number of rotatable bonds is 3. The molecule has 3 unspecified atom stereocenters. The fourth-order valence-electron chi connectivity index (χ4n) is 4.35. The highest BCUT2D eigenvalue weighted by Crippen LogP contribution is 2.60. The van der Waals surface area contributed by atoms with Gasteiger partial charge in [0, 0.05) is 17.6 Å². The maximum Gasteiger partial charge on any atom is 0.0705 e. The van der Waals surface area contributed by atoms with E-state index in [0.717, 1.165) is 17.4 Å². The molecule has 1 aromatic heterocycles. The van der Waals surface area contributed by atoms with Gasteiger partial charge in [-0.25, -0.2) is 0 Å². The lowest BCUT2D eigenvalue weighted by molar-refractivity contribution is 0.459. The number of nitrogens with two attached hydrogens (primary N) is 1. The summed E-state index contributed by atoms with van der Waals surface area (Å²) in [5.41, 5.74) is 5.48. The maximum absolute atomic E-state index is 5.92. The van der Waals surface area contributed by atoms with Crippen LogP contribution in [0.2, 0.25) is 0 Å². The van der Waals surface area contributed by atoms with Crippen molar-refractivity contribution in [3.8, 4) is 0 Å². The van der Waals surface area contributed by atoms with Crippen molar-refractivity contribution in [2.24, 2.45) is 23.6 Å². The van der Waals surface area contributed by atoms with Gasteiger partial charge in [0.1, 0.15) is 0 Å². The Bertz CT molecular complexity index is 607. The van der Waals surface area contributed by atoms with Crippen LogP contribution in [0.4, 0.5) is 0 Å². The molecule has 2 aliphatic rings.